The Morgan fingerprint density at radius 1 is 1.15 bits per heavy atom. The lowest BCUT2D eigenvalue weighted by Crippen LogP contribution is -2.56. The van der Waals surface area contributed by atoms with Crippen LogP contribution in [0.15, 0.2) is 66.2 Å². The van der Waals surface area contributed by atoms with Crippen LogP contribution < -0.4 is 0 Å². The van der Waals surface area contributed by atoms with Crippen molar-refractivity contribution < 1.29 is 4.79 Å². The Hall–Kier alpha value is -2.06. The minimum absolute atomic E-state index is 0.0694. The summed E-state index contributed by atoms with van der Waals surface area (Å²) in [6.07, 6.45) is 6.37. The van der Waals surface area contributed by atoms with Crippen molar-refractivity contribution in [3.8, 4) is 0 Å². The van der Waals surface area contributed by atoms with Crippen LogP contribution >= 0.6 is 11.6 Å². The van der Waals surface area contributed by atoms with Crippen LogP contribution in [-0.2, 0) is 6.54 Å². The number of benzene rings is 2. The van der Waals surface area contributed by atoms with Gasteiger partial charge in [-0.05, 0) is 63.3 Å². The molecule has 3 rings (SSSR count). The lowest BCUT2D eigenvalue weighted by atomic mass is 9.71. The highest BCUT2D eigenvalue weighted by atomic mass is 35.5. The monoisotopic (exact) mass is 367 g/mol. The first-order valence-corrected chi connectivity index (χ1v) is 9.65. The van der Waals surface area contributed by atoms with Gasteiger partial charge in [-0.15, -0.1) is 0 Å². The van der Waals surface area contributed by atoms with Crippen molar-refractivity contribution in [1.29, 1.82) is 0 Å². The lowest BCUT2D eigenvalue weighted by Gasteiger charge is -2.51. The minimum atomic E-state index is -0.0914. The molecular weight excluding hydrogens is 342 g/mol. The highest BCUT2D eigenvalue weighted by Crippen LogP contribution is 2.44. The molecule has 0 aliphatic heterocycles. The van der Waals surface area contributed by atoms with Crippen molar-refractivity contribution >= 4 is 17.5 Å². The van der Waals surface area contributed by atoms with Crippen LogP contribution in [0.2, 0.25) is 5.02 Å². The van der Waals surface area contributed by atoms with Gasteiger partial charge in [0.25, 0.3) is 5.91 Å². The molecule has 0 unspecified atom stereocenters. The van der Waals surface area contributed by atoms with Crippen LogP contribution in [0.1, 0.15) is 55.5 Å². The topological polar surface area (TPSA) is 20.3 Å². The molecule has 0 aromatic heterocycles. The highest BCUT2D eigenvalue weighted by molar-refractivity contribution is 6.30. The Kier molecular flexibility index (Phi) is 5.83. The predicted molar refractivity (Wildman–Crippen MR) is 108 cm³/mol. The van der Waals surface area contributed by atoms with Gasteiger partial charge in [-0.1, -0.05) is 59.6 Å². The third-order valence-corrected chi connectivity index (χ3v) is 5.69. The SMILES string of the molecule is C/C=C(\C)CC1(N(Cc2ccccc2)C(=O)c2cccc(Cl)c2)CCC1. The summed E-state index contributed by atoms with van der Waals surface area (Å²) in [6, 6.07) is 17.5. The van der Waals surface area contributed by atoms with E-state index in [0.717, 1.165) is 24.8 Å². The Labute approximate surface area is 161 Å². The van der Waals surface area contributed by atoms with Crippen molar-refractivity contribution in [2.24, 2.45) is 0 Å². The fourth-order valence-corrected chi connectivity index (χ4v) is 3.94. The maximum absolute atomic E-state index is 13.5. The Bertz CT molecular complexity index is 793. The van der Waals surface area contributed by atoms with Crippen molar-refractivity contribution in [1.82, 2.24) is 4.90 Å². The van der Waals surface area contributed by atoms with E-state index in [1.807, 2.05) is 36.4 Å². The van der Waals surface area contributed by atoms with Gasteiger partial charge in [-0.3, -0.25) is 4.79 Å². The summed E-state index contributed by atoms with van der Waals surface area (Å²) in [4.78, 5) is 15.5. The third kappa shape index (κ3) is 4.02. The van der Waals surface area contributed by atoms with E-state index in [4.69, 9.17) is 11.6 Å². The van der Waals surface area contributed by atoms with Crippen LogP contribution in [0.5, 0.6) is 0 Å². The lowest BCUT2D eigenvalue weighted by molar-refractivity contribution is 0.0112. The number of halogens is 1. The average molecular weight is 368 g/mol. The first kappa shape index (κ1) is 18.7. The Balaban J connectivity index is 1.97. The quantitative estimate of drug-likeness (QED) is 0.551. The predicted octanol–water partition coefficient (Wildman–Crippen LogP) is 6.26. The van der Waals surface area contributed by atoms with E-state index in [0.29, 0.717) is 17.1 Å². The molecule has 136 valence electrons. The Morgan fingerprint density at radius 2 is 1.88 bits per heavy atom. The number of nitrogens with zero attached hydrogens (tertiary/aromatic N) is 1. The molecule has 3 heteroatoms. The summed E-state index contributed by atoms with van der Waals surface area (Å²) >= 11 is 6.14. The van der Waals surface area contributed by atoms with Crippen LogP contribution in [0.25, 0.3) is 0 Å². The summed E-state index contributed by atoms with van der Waals surface area (Å²) in [5, 5.41) is 0.600. The largest absolute Gasteiger partial charge is 0.328 e. The average Bonchev–Trinajstić information content (AvgIpc) is 2.63. The van der Waals surface area contributed by atoms with Crippen molar-refractivity contribution in [2.75, 3.05) is 0 Å². The molecule has 0 radical (unpaired) electrons. The van der Waals surface area contributed by atoms with Crippen molar-refractivity contribution in [2.45, 2.75) is 51.6 Å². The van der Waals surface area contributed by atoms with E-state index in [2.05, 4.69) is 37.0 Å². The fourth-order valence-electron chi connectivity index (χ4n) is 3.75. The molecule has 2 aromatic rings. The van der Waals surface area contributed by atoms with Gasteiger partial charge >= 0.3 is 0 Å². The number of allylic oxidation sites excluding steroid dienone is 1. The molecule has 1 saturated carbocycles. The normalized spacial score (nSPS) is 16.0. The second-order valence-electron chi connectivity index (χ2n) is 7.28. The van der Waals surface area contributed by atoms with Crippen LogP contribution in [0, 0.1) is 0 Å². The molecule has 1 amide bonds. The number of carbonyl (C=O) groups excluding carboxylic acids is 1. The van der Waals surface area contributed by atoms with Gasteiger partial charge in [0.2, 0.25) is 0 Å². The molecule has 26 heavy (non-hydrogen) atoms. The van der Waals surface area contributed by atoms with Gasteiger partial charge in [0, 0.05) is 22.7 Å². The van der Waals surface area contributed by atoms with Gasteiger partial charge in [-0.2, -0.15) is 0 Å². The maximum atomic E-state index is 13.5. The van der Waals surface area contributed by atoms with Gasteiger partial charge in [0.1, 0.15) is 0 Å². The summed E-state index contributed by atoms with van der Waals surface area (Å²) in [5.74, 6) is 0.0694. The van der Waals surface area contributed by atoms with Crippen LogP contribution in [-0.4, -0.2) is 16.3 Å². The number of hydrogen-bond acceptors (Lipinski definition) is 1. The number of carbonyl (C=O) groups is 1. The molecule has 2 nitrogen and oxygen atoms in total. The molecule has 0 atom stereocenters. The first-order valence-electron chi connectivity index (χ1n) is 9.27. The maximum Gasteiger partial charge on any atom is 0.254 e. The zero-order valence-corrected chi connectivity index (χ0v) is 16.3. The van der Waals surface area contributed by atoms with E-state index in [1.54, 1.807) is 6.07 Å². The molecule has 0 heterocycles. The molecule has 1 aliphatic carbocycles. The van der Waals surface area contributed by atoms with E-state index < -0.39 is 0 Å². The highest BCUT2D eigenvalue weighted by Gasteiger charge is 2.44. The van der Waals surface area contributed by atoms with Gasteiger partial charge in [-0.25, -0.2) is 0 Å². The fraction of sp³-hybridized carbons (Fsp3) is 0.348. The number of amides is 1. The molecule has 1 fully saturated rings. The molecule has 1 aliphatic rings. The zero-order chi connectivity index (χ0) is 18.6. The number of hydrogen-bond donors (Lipinski definition) is 0. The summed E-state index contributed by atoms with van der Waals surface area (Å²) in [7, 11) is 0. The summed E-state index contributed by atoms with van der Waals surface area (Å²) in [6.45, 7) is 4.86. The minimum Gasteiger partial charge on any atom is -0.328 e. The number of rotatable bonds is 6. The second-order valence-corrected chi connectivity index (χ2v) is 7.71. The molecule has 0 bridgehead atoms. The van der Waals surface area contributed by atoms with Gasteiger partial charge < -0.3 is 4.90 Å². The molecule has 0 saturated heterocycles. The van der Waals surface area contributed by atoms with Gasteiger partial charge in [0.15, 0.2) is 0 Å². The van der Waals surface area contributed by atoms with E-state index in [-0.39, 0.29) is 11.4 Å². The van der Waals surface area contributed by atoms with Crippen molar-refractivity contribution in [3.63, 3.8) is 0 Å². The standard InChI is InChI=1S/C23H26ClNO/c1-3-18(2)16-23(13-8-14-23)25(17-19-9-5-4-6-10-19)22(26)20-11-7-12-21(24)15-20/h3-7,9-12,15H,8,13-14,16-17H2,1-2H3/b18-3+. The van der Waals surface area contributed by atoms with E-state index >= 15 is 0 Å². The van der Waals surface area contributed by atoms with E-state index in [9.17, 15) is 4.79 Å². The smallest absolute Gasteiger partial charge is 0.254 e. The zero-order valence-electron chi connectivity index (χ0n) is 15.5. The Morgan fingerprint density at radius 3 is 2.46 bits per heavy atom. The molecular formula is C23H26ClNO. The molecule has 0 N–H and O–H groups in total. The molecule has 2 aromatic carbocycles. The molecule has 0 spiro atoms. The van der Waals surface area contributed by atoms with Crippen LogP contribution in [0.3, 0.4) is 0 Å². The van der Waals surface area contributed by atoms with Gasteiger partial charge in [0.05, 0.1) is 0 Å². The van der Waals surface area contributed by atoms with Crippen LogP contribution in [0.4, 0.5) is 0 Å². The van der Waals surface area contributed by atoms with Crippen molar-refractivity contribution in [3.05, 3.63) is 82.4 Å². The summed E-state index contributed by atoms with van der Waals surface area (Å²) < 4.78 is 0. The third-order valence-electron chi connectivity index (χ3n) is 5.46. The first-order chi connectivity index (χ1) is 12.5. The second kappa shape index (κ2) is 8.09. The van der Waals surface area contributed by atoms with E-state index in [1.165, 1.54) is 12.0 Å². The summed E-state index contributed by atoms with van der Waals surface area (Å²) in [5.41, 5.74) is 3.07.